The van der Waals surface area contributed by atoms with Crippen molar-refractivity contribution in [3.63, 3.8) is 0 Å². The third-order valence-electron chi connectivity index (χ3n) is 5.02. The third-order valence-corrected chi connectivity index (χ3v) is 5.02. The van der Waals surface area contributed by atoms with Crippen molar-refractivity contribution >= 4 is 11.8 Å². The number of hydrogen-bond acceptors (Lipinski definition) is 4. The first-order valence-electron chi connectivity index (χ1n) is 9.76. The molecule has 0 aromatic rings. The summed E-state index contributed by atoms with van der Waals surface area (Å²) in [7, 11) is 0. The molecule has 1 fully saturated rings. The Morgan fingerprint density at radius 1 is 1.27 bits per heavy atom. The van der Waals surface area contributed by atoms with Crippen LogP contribution in [0.3, 0.4) is 0 Å². The summed E-state index contributed by atoms with van der Waals surface area (Å²) in [5.74, 6) is -1.33. The van der Waals surface area contributed by atoms with Crippen molar-refractivity contribution in [2.45, 2.75) is 83.3 Å². The Balaban J connectivity index is 2.58. The van der Waals surface area contributed by atoms with E-state index < -0.39 is 17.7 Å². The van der Waals surface area contributed by atoms with Crippen LogP contribution < -0.4 is 0 Å². The van der Waals surface area contributed by atoms with Crippen LogP contribution in [0.2, 0.25) is 0 Å². The summed E-state index contributed by atoms with van der Waals surface area (Å²) in [6, 6.07) is 0. The van der Waals surface area contributed by atoms with Crippen LogP contribution in [-0.2, 0) is 9.59 Å². The van der Waals surface area contributed by atoms with Gasteiger partial charge in [0.2, 0.25) is 0 Å². The minimum Gasteiger partial charge on any atom is -0.481 e. The van der Waals surface area contributed by atoms with Gasteiger partial charge in [-0.15, -0.1) is 0 Å². The van der Waals surface area contributed by atoms with Gasteiger partial charge in [-0.1, -0.05) is 50.5 Å². The first-order chi connectivity index (χ1) is 12.3. The van der Waals surface area contributed by atoms with Gasteiger partial charge in [-0.2, -0.15) is 0 Å². The smallest absolute Gasteiger partial charge is 0.303 e. The molecule has 5 nitrogen and oxygen atoms in total. The fourth-order valence-electron chi connectivity index (χ4n) is 3.39. The zero-order valence-electron chi connectivity index (χ0n) is 16.1. The van der Waals surface area contributed by atoms with Crippen molar-refractivity contribution in [1.29, 1.82) is 0 Å². The molecule has 0 aliphatic heterocycles. The zero-order valence-corrected chi connectivity index (χ0v) is 16.1. The van der Waals surface area contributed by atoms with Crippen LogP contribution in [-0.4, -0.2) is 38.8 Å². The summed E-state index contributed by atoms with van der Waals surface area (Å²) < 4.78 is 0. The van der Waals surface area contributed by atoms with Gasteiger partial charge < -0.3 is 15.3 Å². The molecule has 1 saturated carbocycles. The number of carboxylic acids is 1. The molecule has 5 heteroatoms. The molecule has 0 saturated heterocycles. The van der Waals surface area contributed by atoms with Gasteiger partial charge in [0.05, 0.1) is 11.7 Å². The highest BCUT2D eigenvalue weighted by Gasteiger charge is 2.39. The Kier molecular flexibility index (Phi) is 9.81. The van der Waals surface area contributed by atoms with E-state index in [0.29, 0.717) is 25.7 Å². The summed E-state index contributed by atoms with van der Waals surface area (Å²) in [5, 5.41) is 29.2. The lowest BCUT2D eigenvalue weighted by Crippen LogP contribution is -2.23. The average molecular weight is 366 g/mol. The minimum atomic E-state index is -0.930. The topological polar surface area (TPSA) is 94.8 Å². The molecule has 0 unspecified atom stereocenters. The summed E-state index contributed by atoms with van der Waals surface area (Å²) in [4.78, 5) is 22.7. The van der Waals surface area contributed by atoms with Gasteiger partial charge in [0.15, 0.2) is 0 Å². The molecule has 1 aliphatic carbocycles. The lowest BCUT2D eigenvalue weighted by molar-refractivity contribution is -0.137. The van der Waals surface area contributed by atoms with E-state index in [1.165, 1.54) is 0 Å². The molecular formula is C21H34O5. The molecule has 0 spiro atoms. The summed E-state index contributed by atoms with van der Waals surface area (Å²) in [5.41, 5.74) is -0.930. The molecule has 0 aromatic heterocycles. The number of ketones is 1. The molecule has 0 amide bonds. The van der Waals surface area contributed by atoms with Crippen LogP contribution in [0.1, 0.15) is 71.6 Å². The molecule has 0 aromatic carbocycles. The number of aliphatic carboxylic acids is 1. The first kappa shape index (κ1) is 22.6. The largest absolute Gasteiger partial charge is 0.481 e. The van der Waals surface area contributed by atoms with Crippen LogP contribution in [0.5, 0.6) is 0 Å². The van der Waals surface area contributed by atoms with Crippen molar-refractivity contribution in [1.82, 2.24) is 0 Å². The monoisotopic (exact) mass is 366 g/mol. The van der Waals surface area contributed by atoms with E-state index in [-0.39, 0.29) is 30.5 Å². The van der Waals surface area contributed by atoms with Crippen molar-refractivity contribution in [2.24, 2.45) is 11.8 Å². The molecule has 4 atom stereocenters. The lowest BCUT2D eigenvalue weighted by atomic mass is 9.88. The van der Waals surface area contributed by atoms with Gasteiger partial charge in [0.25, 0.3) is 0 Å². The van der Waals surface area contributed by atoms with Crippen molar-refractivity contribution in [2.75, 3.05) is 0 Å². The lowest BCUT2D eigenvalue weighted by Gasteiger charge is -2.21. The number of unbranched alkanes of at least 4 members (excludes halogenated alkanes) is 3. The van der Waals surface area contributed by atoms with Crippen LogP contribution in [0.4, 0.5) is 0 Å². The Hall–Kier alpha value is -1.46. The Labute approximate surface area is 156 Å². The zero-order chi connectivity index (χ0) is 19.6. The SMILES string of the molecule is CCCCC[C@@](C)(O)/C=C/[C@H]1C(=O)C[C@@H](O)[C@H]1C/C=C\CCCC(=O)O. The molecule has 26 heavy (non-hydrogen) atoms. The maximum absolute atomic E-state index is 12.2. The van der Waals surface area contributed by atoms with Crippen LogP contribution >= 0.6 is 0 Å². The number of carbonyl (C=O) groups is 2. The normalized spacial score (nSPS) is 26.0. The number of aliphatic hydroxyl groups excluding tert-OH is 1. The summed E-state index contributed by atoms with van der Waals surface area (Å²) in [6.07, 6.45) is 12.6. The van der Waals surface area contributed by atoms with Gasteiger partial charge in [0, 0.05) is 24.7 Å². The molecule has 1 aliphatic rings. The second-order valence-electron chi connectivity index (χ2n) is 7.59. The molecule has 1 rings (SSSR count). The standard InChI is InChI=1S/C21H34O5/c1-3-4-9-13-21(2,26)14-12-17-16(18(22)15-19(17)23)10-7-5-6-8-11-20(24)25/h5,7,12,14,16-18,22,26H,3-4,6,8-11,13,15H2,1-2H3,(H,24,25)/b7-5-,14-12+/t16-,17+,18+,21+/m0/s1. The number of aliphatic hydroxyl groups is 2. The number of allylic oxidation sites excluding steroid dienone is 3. The highest BCUT2D eigenvalue weighted by Crippen LogP contribution is 2.34. The Morgan fingerprint density at radius 3 is 2.65 bits per heavy atom. The maximum atomic E-state index is 12.2. The second kappa shape index (κ2) is 11.3. The molecule has 0 heterocycles. The first-order valence-corrected chi connectivity index (χ1v) is 9.76. The van der Waals surface area contributed by atoms with E-state index in [1.807, 2.05) is 12.2 Å². The Bertz CT molecular complexity index is 507. The quantitative estimate of drug-likeness (QED) is 0.362. The highest BCUT2D eigenvalue weighted by molar-refractivity contribution is 5.86. The summed E-state index contributed by atoms with van der Waals surface area (Å²) in [6.45, 7) is 3.87. The van der Waals surface area contributed by atoms with Gasteiger partial charge in [-0.05, 0) is 32.6 Å². The predicted octanol–water partition coefficient (Wildman–Crippen LogP) is 3.64. The van der Waals surface area contributed by atoms with E-state index in [0.717, 1.165) is 19.3 Å². The van der Waals surface area contributed by atoms with Crippen LogP contribution in [0.15, 0.2) is 24.3 Å². The van der Waals surface area contributed by atoms with E-state index in [4.69, 9.17) is 5.11 Å². The van der Waals surface area contributed by atoms with Crippen molar-refractivity contribution in [3.8, 4) is 0 Å². The van der Waals surface area contributed by atoms with E-state index >= 15 is 0 Å². The maximum Gasteiger partial charge on any atom is 0.303 e. The predicted molar refractivity (Wildman–Crippen MR) is 102 cm³/mol. The number of Topliss-reactive ketones (excluding diaryl/α,β-unsaturated/α-hetero) is 1. The highest BCUT2D eigenvalue weighted by atomic mass is 16.4. The molecule has 0 radical (unpaired) electrons. The average Bonchev–Trinajstić information content (AvgIpc) is 2.82. The van der Waals surface area contributed by atoms with Crippen molar-refractivity contribution in [3.05, 3.63) is 24.3 Å². The van der Waals surface area contributed by atoms with Gasteiger partial charge in [0.1, 0.15) is 5.78 Å². The second-order valence-corrected chi connectivity index (χ2v) is 7.59. The van der Waals surface area contributed by atoms with Gasteiger partial charge in [-0.25, -0.2) is 0 Å². The van der Waals surface area contributed by atoms with Crippen LogP contribution in [0, 0.1) is 11.8 Å². The number of carboxylic acid groups (broad SMARTS) is 1. The molecule has 0 bridgehead atoms. The minimum absolute atomic E-state index is 0.0161. The van der Waals surface area contributed by atoms with Crippen molar-refractivity contribution < 1.29 is 24.9 Å². The molecule has 3 N–H and O–H groups in total. The number of rotatable bonds is 12. The van der Waals surface area contributed by atoms with Crippen LogP contribution in [0.25, 0.3) is 0 Å². The van der Waals surface area contributed by atoms with E-state index in [9.17, 15) is 19.8 Å². The van der Waals surface area contributed by atoms with E-state index in [2.05, 4.69) is 6.92 Å². The fourth-order valence-corrected chi connectivity index (χ4v) is 3.39. The van der Waals surface area contributed by atoms with E-state index in [1.54, 1.807) is 19.1 Å². The number of carbonyl (C=O) groups excluding carboxylic acids is 1. The summed E-state index contributed by atoms with van der Waals surface area (Å²) >= 11 is 0. The fraction of sp³-hybridized carbons (Fsp3) is 0.714. The number of hydrogen-bond donors (Lipinski definition) is 3. The third kappa shape index (κ3) is 8.28. The van der Waals surface area contributed by atoms with Gasteiger partial charge in [-0.3, -0.25) is 9.59 Å². The Morgan fingerprint density at radius 2 is 2.00 bits per heavy atom. The molecular weight excluding hydrogens is 332 g/mol. The van der Waals surface area contributed by atoms with Gasteiger partial charge >= 0.3 is 5.97 Å². The molecule has 148 valence electrons.